The molecule has 12 heteroatoms. The zero-order chi connectivity index (χ0) is 16.7. The molecule has 0 saturated carbocycles. The molecule has 0 aromatic rings. The van der Waals surface area contributed by atoms with Gasteiger partial charge in [0.2, 0.25) is 5.78 Å². The molecule has 0 spiro atoms. The van der Waals surface area contributed by atoms with Crippen molar-refractivity contribution in [2.75, 3.05) is 6.61 Å². The fraction of sp³-hybridized carbons (Fsp3) is 0.750. The zero-order valence-electron chi connectivity index (χ0n) is 10.3. The molecule has 0 saturated heterocycles. The fourth-order valence-corrected chi connectivity index (χ4v) is 0.886. The summed E-state index contributed by atoms with van der Waals surface area (Å²) >= 11 is 0. The second-order valence-electron chi connectivity index (χ2n) is 3.61. The summed E-state index contributed by atoms with van der Waals surface area (Å²) in [5.41, 5.74) is 0. The second-order valence-corrected chi connectivity index (χ2v) is 4.64. The Balaban J connectivity index is 0. The van der Waals surface area contributed by atoms with E-state index in [0.29, 0.717) is 0 Å². The molecule has 0 bridgehead atoms. The van der Waals surface area contributed by atoms with Gasteiger partial charge in [0.05, 0.1) is 6.61 Å². The summed E-state index contributed by atoms with van der Waals surface area (Å²) in [4.78, 5) is 21.4. The molecule has 4 unspecified atom stereocenters. The van der Waals surface area contributed by atoms with Gasteiger partial charge in [-0.1, -0.05) is 0 Å². The standard InChI is InChI=1S/C8H14O7.H3NO3S/c1-3(10)5(12)7(14)8(15)6(13)4(11)2-9;1-5(2,3)4/h4,6-9,11,13-15H,2H2,1H3;(H3,1,2,3,4). The van der Waals surface area contributed by atoms with E-state index in [9.17, 15) is 9.59 Å². The van der Waals surface area contributed by atoms with E-state index in [1.165, 1.54) is 0 Å². The largest absolute Gasteiger partial charge is 0.394 e. The predicted molar refractivity (Wildman–Crippen MR) is 62.5 cm³/mol. The van der Waals surface area contributed by atoms with Gasteiger partial charge in [-0.25, -0.2) is 5.14 Å². The summed E-state index contributed by atoms with van der Waals surface area (Å²) in [5.74, 6) is -2.25. The molecular formula is C8H17NO10S. The summed E-state index contributed by atoms with van der Waals surface area (Å²) < 4.78 is 25.2. The molecule has 0 amide bonds. The van der Waals surface area contributed by atoms with Gasteiger partial charge >= 0.3 is 10.3 Å². The maximum absolute atomic E-state index is 10.9. The number of aliphatic hydroxyl groups is 5. The Morgan fingerprint density at radius 1 is 1.10 bits per heavy atom. The van der Waals surface area contributed by atoms with Crippen molar-refractivity contribution in [1.82, 2.24) is 0 Å². The minimum absolute atomic E-state index is 0.848. The van der Waals surface area contributed by atoms with Gasteiger partial charge in [-0.05, 0) is 0 Å². The molecule has 0 aliphatic heterocycles. The van der Waals surface area contributed by atoms with Crippen molar-refractivity contribution in [3.8, 4) is 0 Å². The van der Waals surface area contributed by atoms with Gasteiger partial charge in [-0.2, -0.15) is 8.42 Å². The van der Waals surface area contributed by atoms with Crippen molar-refractivity contribution < 1.29 is 48.1 Å². The minimum atomic E-state index is -4.17. The molecule has 0 aliphatic rings. The number of carbonyl (C=O) groups is 2. The Morgan fingerprint density at radius 2 is 1.45 bits per heavy atom. The fourth-order valence-electron chi connectivity index (χ4n) is 0.886. The summed E-state index contributed by atoms with van der Waals surface area (Å²) in [6.07, 6.45) is -7.75. The molecule has 120 valence electrons. The van der Waals surface area contributed by atoms with Crippen molar-refractivity contribution in [3.05, 3.63) is 0 Å². The average Bonchev–Trinajstić information content (AvgIpc) is 2.31. The normalized spacial score (nSPS) is 17.2. The molecule has 0 aromatic carbocycles. The molecular weight excluding hydrogens is 302 g/mol. The quantitative estimate of drug-likeness (QED) is 0.183. The number of hydrogen-bond acceptors (Lipinski definition) is 9. The van der Waals surface area contributed by atoms with E-state index in [1.807, 2.05) is 0 Å². The monoisotopic (exact) mass is 319 g/mol. The maximum atomic E-state index is 10.9. The Hall–Kier alpha value is -0.990. The number of rotatable bonds is 6. The van der Waals surface area contributed by atoms with Gasteiger partial charge in [-0.3, -0.25) is 14.1 Å². The summed E-state index contributed by atoms with van der Waals surface area (Å²) in [6.45, 7) is 0.0480. The van der Waals surface area contributed by atoms with Crippen LogP contribution in [0.15, 0.2) is 0 Å². The van der Waals surface area contributed by atoms with Gasteiger partial charge in [0.1, 0.15) is 24.4 Å². The van der Waals surface area contributed by atoms with E-state index in [4.69, 9.17) is 38.5 Å². The Labute approximate surface area is 114 Å². The second kappa shape index (κ2) is 9.04. The average molecular weight is 319 g/mol. The lowest BCUT2D eigenvalue weighted by Crippen LogP contribution is -2.49. The lowest BCUT2D eigenvalue weighted by molar-refractivity contribution is -0.153. The molecule has 8 N–H and O–H groups in total. The number of aliphatic hydroxyl groups excluding tert-OH is 5. The van der Waals surface area contributed by atoms with Gasteiger partial charge in [0.25, 0.3) is 0 Å². The third kappa shape index (κ3) is 9.88. The van der Waals surface area contributed by atoms with Gasteiger partial charge < -0.3 is 25.5 Å². The molecule has 0 aliphatic carbocycles. The first-order valence-corrected chi connectivity index (χ1v) is 6.46. The van der Waals surface area contributed by atoms with Crippen molar-refractivity contribution in [3.63, 3.8) is 0 Å². The van der Waals surface area contributed by atoms with Crippen molar-refractivity contribution in [2.45, 2.75) is 31.3 Å². The predicted octanol–water partition coefficient (Wildman–Crippen LogP) is -4.67. The summed E-state index contributed by atoms with van der Waals surface area (Å²) in [7, 11) is -4.17. The van der Waals surface area contributed by atoms with Crippen LogP contribution in [0.5, 0.6) is 0 Å². The van der Waals surface area contributed by atoms with Crippen LogP contribution in [0, 0.1) is 0 Å². The third-order valence-electron chi connectivity index (χ3n) is 1.87. The molecule has 11 nitrogen and oxygen atoms in total. The highest BCUT2D eigenvalue weighted by molar-refractivity contribution is 7.83. The molecule has 0 heterocycles. The van der Waals surface area contributed by atoms with E-state index in [-0.39, 0.29) is 0 Å². The van der Waals surface area contributed by atoms with E-state index < -0.39 is 52.9 Å². The Kier molecular flexibility index (Phi) is 9.63. The van der Waals surface area contributed by atoms with Crippen molar-refractivity contribution in [2.24, 2.45) is 5.14 Å². The SMILES string of the molecule is CC(=O)C(=O)C(O)C(O)C(O)C(O)CO.NS(=O)(=O)O. The van der Waals surface area contributed by atoms with Crippen LogP contribution < -0.4 is 5.14 Å². The zero-order valence-corrected chi connectivity index (χ0v) is 11.1. The van der Waals surface area contributed by atoms with Crippen LogP contribution in [-0.2, 0) is 19.9 Å². The highest BCUT2D eigenvalue weighted by Crippen LogP contribution is 2.06. The van der Waals surface area contributed by atoms with Gasteiger partial charge in [-0.15, -0.1) is 0 Å². The van der Waals surface area contributed by atoms with E-state index in [1.54, 1.807) is 0 Å². The number of ketones is 2. The topological polar surface area (TPSA) is 216 Å². The smallest absolute Gasteiger partial charge is 0.330 e. The number of Topliss-reactive ketones (excluding diaryl/α,β-unsaturated/α-hetero) is 2. The summed E-state index contributed by atoms with van der Waals surface area (Å²) in [6, 6.07) is 0. The lowest BCUT2D eigenvalue weighted by Gasteiger charge is -2.24. The minimum Gasteiger partial charge on any atom is -0.394 e. The molecule has 20 heavy (non-hydrogen) atoms. The third-order valence-corrected chi connectivity index (χ3v) is 1.87. The molecule has 0 radical (unpaired) electrons. The van der Waals surface area contributed by atoms with Gasteiger partial charge in [0.15, 0.2) is 5.78 Å². The molecule has 4 atom stereocenters. The van der Waals surface area contributed by atoms with Crippen LogP contribution in [-0.4, -0.2) is 81.1 Å². The maximum Gasteiger partial charge on any atom is 0.330 e. The number of nitrogens with two attached hydrogens (primary N) is 1. The van der Waals surface area contributed by atoms with Crippen molar-refractivity contribution >= 4 is 21.9 Å². The van der Waals surface area contributed by atoms with Crippen LogP contribution in [0.3, 0.4) is 0 Å². The molecule has 0 rings (SSSR count). The van der Waals surface area contributed by atoms with Crippen LogP contribution in [0.2, 0.25) is 0 Å². The van der Waals surface area contributed by atoms with Gasteiger partial charge in [0, 0.05) is 6.92 Å². The lowest BCUT2D eigenvalue weighted by atomic mass is 9.99. The molecule has 0 aromatic heterocycles. The van der Waals surface area contributed by atoms with E-state index >= 15 is 0 Å². The highest BCUT2D eigenvalue weighted by atomic mass is 32.2. The highest BCUT2D eigenvalue weighted by Gasteiger charge is 2.35. The van der Waals surface area contributed by atoms with Crippen LogP contribution in [0.1, 0.15) is 6.92 Å². The van der Waals surface area contributed by atoms with Crippen LogP contribution in [0.4, 0.5) is 0 Å². The molecule has 0 fully saturated rings. The van der Waals surface area contributed by atoms with Crippen LogP contribution in [0.25, 0.3) is 0 Å². The Bertz CT molecular complexity index is 413. The van der Waals surface area contributed by atoms with E-state index in [0.717, 1.165) is 6.92 Å². The van der Waals surface area contributed by atoms with Crippen LogP contribution >= 0.6 is 0 Å². The number of carbonyl (C=O) groups excluding carboxylic acids is 2. The first-order chi connectivity index (χ1) is 8.82. The first-order valence-electron chi connectivity index (χ1n) is 4.96. The first kappa shape index (κ1) is 21.3. The van der Waals surface area contributed by atoms with Crippen molar-refractivity contribution in [1.29, 1.82) is 0 Å². The van der Waals surface area contributed by atoms with E-state index in [2.05, 4.69) is 5.14 Å². The Morgan fingerprint density at radius 3 is 1.70 bits per heavy atom. The number of hydrogen-bond donors (Lipinski definition) is 7. The summed E-state index contributed by atoms with van der Waals surface area (Å²) in [5, 5.41) is 48.6.